The maximum atomic E-state index is 15.2. The normalized spacial score (nSPS) is 27.0. The SMILES string of the molecule is C=CCN(CCC)C(=O)[C@@H]1[C@H]2C(=O)N([C@H](CO)c3ccccc3)C(C(=O)N(CC=C)c3ccc4ccccc4c3)C23CC[C@@]1(C)S3. The highest BCUT2D eigenvalue weighted by Gasteiger charge is 2.78. The van der Waals surface area contributed by atoms with Crippen LogP contribution in [0.25, 0.3) is 10.8 Å². The number of aliphatic hydroxyl groups excluding tert-OH is 1. The predicted molar refractivity (Wildman–Crippen MR) is 185 cm³/mol. The number of carbonyl (C=O) groups is 3. The van der Waals surface area contributed by atoms with Gasteiger partial charge >= 0.3 is 0 Å². The minimum absolute atomic E-state index is 0.0533. The van der Waals surface area contributed by atoms with Crippen LogP contribution in [0.15, 0.2) is 98.1 Å². The van der Waals surface area contributed by atoms with Gasteiger partial charge in [-0.15, -0.1) is 24.9 Å². The van der Waals surface area contributed by atoms with Crippen molar-refractivity contribution in [3.8, 4) is 0 Å². The van der Waals surface area contributed by atoms with E-state index >= 15 is 4.79 Å². The van der Waals surface area contributed by atoms with E-state index in [0.717, 1.165) is 29.2 Å². The van der Waals surface area contributed by atoms with Crippen molar-refractivity contribution < 1.29 is 19.5 Å². The third kappa shape index (κ3) is 5.06. The maximum absolute atomic E-state index is 15.2. The number of carbonyl (C=O) groups excluding carboxylic acids is 3. The van der Waals surface area contributed by atoms with Crippen LogP contribution < -0.4 is 4.90 Å². The first-order valence-electron chi connectivity index (χ1n) is 16.2. The van der Waals surface area contributed by atoms with Crippen LogP contribution in [0.3, 0.4) is 0 Å². The fourth-order valence-electron chi connectivity index (χ4n) is 8.24. The van der Waals surface area contributed by atoms with Crippen molar-refractivity contribution in [3.63, 3.8) is 0 Å². The predicted octanol–water partition coefficient (Wildman–Crippen LogP) is 6.00. The molecule has 0 aromatic heterocycles. The molecule has 3 amide bonds. The number of thioether (sulfide) groups is 1. The van der Waals surface area contributed by atoms with E-state index in [1.807, 2.05) is 84.6 Å². The van der Waals surface area contributed by atoms with Crippen molar-refractivity contribution in [3.05, 3.63) is 104 Å². The summed E-state index contributed by atoms with van der Waals surface area (Å²) in [6.45, 7) is 12.8. The molecule has 0 saturated carbocycles. The zero-order chi connectivity index (χ0) is 32.6. The van der Waals surface area contributed by atoms with Gasteiger partial charge in [-0.2, -0.15) is 0 Å². The molecule has 1 spiro atoms. The topological polar surface area (TPSA) is 81.2 Å². The lowest BCUT2D eigenvalue weighted by Crippen LogP contribution is -2.56. The first-order chi connectivity index (χ1) is 22.2. The van der Waals surface area contributed by atoms with Crippen LogP contribution in [-0.4, -0.2) is 74.4 Å². The molecule has 3 aliphatic rings. The number of amides is 3. The second-order valence-electron chi connectivity index (χ2n) is 12.9. The molecule has 46 heavy (non-hydrogen) atoms. The van der Waals surface area contributed by atoms with Crippen LogP contribution in [0.5, 0.6) is 0 Å². The summed E-state index contributed by atoms with van der Waals surface area (Å²) in [4.78, 5) is 49.7. The molecule has 3 aromatic carbocycles. The second kappa shape index (κ2) is 12.7. The third-order valence-electron chi connectivity index (χ3n) is 10.2. The van der Waals surface area contributed by atoms with Crippen molar-refractivity contribution in [1.82, 2.24) is 9.80 Å². The number of hydrogen-bond acceptors (Lipinski definition) is 5. The van der Waals surface area contributed by atoms with Crippen LogP contribution in [0.2, 0.25) is 0 Å². The number of aliphatic hydroxyl groups is 1. The van der Waals surface area contributed by atoms with Crippen molar-refractivity contribution in [1.29, 1.82) is 0 Å². The molecule has 3 aliphatic heterocycles. The summed E-state index contributed by atoms with van der Waals surface area (Å²) in [5.74, 6) is -1.79. The van der Waals surface area contributed by atoms with Crippen molar-refractivity contribution in [2.45, 2.75) is 54.7 Å². The molecule has 8 heteroatoms. The van der Waals surface area contributed by atoms with E-state index in [-0.39, 0.29) is 30.9 Å². The van der Waals surface area contributed by atoms with E-state index in [1.165, 1.54) is 0 Å². The van der Waals surface area contributed by atoms with Crippen molar-refractivity contribution >= 4 is 45.9 Å². The number of benzene rings is 3. The summed E-state index contributed by atoms with van der Waals surface area (Å²) in [5.41, 5.74) is 1.47. The monoisotopic (exact) mass is 637 g/mol. The quantitative estimate of drug-likeness (QED) is 0.247. The molecule has 7 nitrogen and oxygen atoms in total. The molecule has 0 aliphatic carbocycles. The molecule has 240 valence electrons. The Morgan fingerprint density at radius 1 is 1.00 bits per heavy atom. The first kappa shape index (κ1) is 32.1. The van der Waals surface area contributed by atoms with Gasteiger partial charge in [0, 0.05) is 30.1 Å². The Morgan fingerprint density at radius 2 is 1.70 bits per heavy atom. The molecular formula is C38H43N3O4S. The molecule has 3 heterocycles. The molecule has 2 bridgehead atoms. The highest BCUT2D eigenvalue weighted by atomic mass is 32.2. The molecule has 6 atom stereocenters. The Kier molecular flexibility index (Phi) is 8.87. The van der Waals surface area contributed by atoms with Gasteiger partial charge in [0.05, 0.1) is 29.2 Å². The molecule has 6 rings (SSSR count). The minimum Gasteiger partial charge on any atom is -0.394 e. The van der Waals surface area contributed by atoms with Gasteiger partial charge < -0.3 is 19.8 Å². The van der Waals surface area contributed by atoms with Gasteiger partial charge in [-0.25, -0.2) is 0 Å². The zero-order valence-electron chi connectivity index (χ0n) is 26.7. The van der Waals surface area contributed by atoms with Gasteiger partial charge in [0.25, 0.3) is 5.91 Å². The molecule has 3 aromatic rings. The lowest BCUT2D eigenvalue weighted by molar-refractivity contribution is -0.146. The Bertz CT molecular complexity index is 1660. The molecule has 0 radical (unpaired) electrons. The summed E-state index contributed by atoms with van der Waals surface area (Å²) in [5, 5.41) is 13.0. The first-order valence-corrected chi connectivity index (χ1v) is 17.0. The fraction of sp³-hybridized carbons (Fsp3) is 0.395. The number of rotatable bonds is 12. The van der Waals surface area contributed by atoms with E-state index in [1.54, 1.807) is 33.7 Å². The Morgan fingerprint density at radius 3 is 2.37 bits per heavy atom. The van der Waals surface area contributed by atoms with Gasteiger partial charge in [0.15, 0.2) is 0 Å². The average Bonchev–Trinajstić information content (AvgIpc) is 3.64. The minimum atomic E-state index is -0.891. The summed E-state index contributed by atoms with van der Waals surface area (Å²) >= 11 is 1.65. The number of likely N-dealkylation sites (tertiary alicyclic amines) is 1. The summed E-state index contributed by atoms with van der Waals surface area (Å²) in [6, 6.07) is 21.7. The number of anilines is 1. The van der Waals surface area contributed by atoms with Gasteiger partial charge in [-0.05, 0) is 54.7 Å². The van der Waals surface area contributed by atoms with E-state index in [2.05, 4.69) is 20.1 Å². The Hall–Kier alpha value is -3.88. The van der Waals surface area contributed by atoms with Crippen molar-refractivity contribution in [2.75, 3.05) is 31.1 Å². The van der Waals surface area contributed by atoms with Gasteiger partial charge in [0.1, 0.15) is 6.04 Å². The van der Waals surface area contributed by atoms with Gasteiger partial charge in [0.2, 0.25) is 11.8 Å². The number of fused-ring (bicyclic) bond motifs is 2. The molecule has 3 fully saturated rings. The largest absolute Gasteiger partial charge is 0.394 e. The maximum Gasteiger partial charge on any atom is 0.251 e. The lowest BCUT2D eigenvalue weighted by atomic mass is 9.66. The Labute approximate surface area is 275 Å². The highest BCUT2D eigenvalue weighted by Crippen LogP contribution is 2.72. The third-order valence-corrected chi connectivity index (χ3v) is 12.2. The van der Waals surface area contributed by atoms with Crippen LogP contribution in [0.1, 0.15) is 44.7 Å². The highest BCUT2D eigenvalue weighted by molar-refractivity contribution is 8.02. The van der Waals surface area contributed by atoms with E-state index in [4.69, 9.17) is 0 Å². The summed E-state index contributed by atoms with van der Waals surface area (Å²) < 4.78 is -1.32. The van der Waals surface area contributed by atoms with Crippen LogP contribution in [0, 0.1) is 11.8 Å². The summed E-state index contributed by atoms with van der Waals surface area (Å²) in [7, 11) is 0. The van der Waals surface area contributed by atoms with E-state index in [9.17, 15) is 14.7 Å². The molecule has 3 saturated heterocycles. The van der Waals surface area contributed by atoms with E-state index < -0.39 is 33.4 Å². The summed E-state index contributed by atoms with van der Waals surface area (Å²) in [6.07, 6.45) is 5.57. The van der Waals surface area contributed by atoms with Gasteiger partial charge in [-0.1, -0.05) is 79.7 Å². The van der Waals surface area contributed by atoms with Crippen molar-refractivity contribution in [2.24, 2.45) is 11.8 Å². The fourth-order valence-corrected chi connectivity index (χ4v) is 10.6. The smallest absolute Gasteiger partial charge is 0.251 e. The second-order valence-corrected chi connectivity index (χ2v) is 14.8. The van der Waals surface area contributed by atoms with Crippen LogP contribution >= 0.6 is 11.8 Å². The molecule has 1 N–H and O–H groups in total. The molecular weight excluding hydrogens is 595 g/mol. The molecule has 2 unspecified atom stereocenters. The number of hydrogen-bond donors (Lipinski definition) is 1. The average molecular weight is 638 g/mol. The number of nitrogens with zero attached hydrogens (tertiary/aromatic N) is 3. The van der Waals surface area contributed by atoms with E-state index in [0.29, 0.717) is 25.2 Å². The zero-order valence-corrected chi connectivity index (χ0v) is 27.5. The lowest BCUT2D eigenvalue weighted by Gasteiger charge is -2.39. The standard InChI is InChI=1S/C38H43N3O4S/c1-5-21-39(22-6-2)34(43)31-32-35(44)41(30(25-42)27-14-9-8-10-15-27)33(38(32)20-19-37(31,4)46-38)36(45)40(23-7-3)29-18-17-26-13-11-12-16-28(26)24-29/h5,7-18,24,30-33,42H,1,3,6,19-23,25H2,2,4H3/t30-,31+,32+,33?,37-,38?/m1/s1. The van der Waals surface area contributed by atoms with Crippen LogP contribution in [-0.2, 0) is 14.4 Å². The van der Waals surface area contributed by atoms with Gasteiger partial charge in [-0.3, -0.25) is 14.4 Å². The Balaban J connectivity index is 1.50. The van der Waals surface area contributed by atoms with Crippen LogP contribution in [0.4, 0.5) is 5.69 Å².